The molecule has 1 aromatic rings. The first kappa shape index (κ1) is 15.9. The van der Waals surface area contributed by atoms with Crippen molar-refractivity contribution in [1.29, 1.82) is 0 Å². The molecular weight excluding hydrogens is 236 g/mol. The van der Waals surface area contributed by atoms with Crippen molar-refractivity contribution < 1.29 is 4.79 Å². The summed E-state index contributed by atoms with van der Waals surface area (Å²) < 4.78 is 0. The smallest absolute Gasteiger partial charge is 0.237 e. The molecule has 0 saturated heterocycles. The number of nitrogens with one attached hydrogen (secondary N) is 1. The molecule has 0 aliphatic heterocycles. The number of hydrogen-bond acceptors (Lipinski definition) is 2. The Morgan fingerprint density at radius 1 is 1.35 bits per heavy atom. The Bertz CT molecular complexity index is 349. The molecule has 1 amide bonds. The Morgan fingerprint density at radius 2 is 1.88 bits per heavy atom. The lowest BCUT2D eigenvalue weighted by Gasteiger charge is -2.19. The average Bonchev–Trinajstić information content (AvgIpc) is 2.26. The molecule has 1 rings (SSSR count). The second-order valence-corrected chi connectivity index (χ2v) is 4.17. The summed E-state index contributed by atoms with van der Waals surface area (Å²) in [5.41, 5.74) is 7.88. The number of nitrogens with two attached hydrogens (primary N) is 1. The Labute approximate surface area is 109 Å². The largest absolute Gasteiger partial charge is 0.348 e. The molecule has 3 nitrogen and oxygen atoms in total. The summed E-state index contributed by atoms with van der Waals surface area (Å²) in [5, 5.41) is 2.94. The van der Waals surface area contributed by atoms with Gasteiger partial charge >= 0.3 is 0 Å². The van der Waals surface area contributed by atoms with E-state index in [-0.39, 0.29) is 24.4 Å². The van der Waals surface area contributed by atoms with Crippen molar-refractivity contribution in [2.45, 2.75) is 39.3 Å². The van der Waals surface area contributed by atoms with E-state index < -0.39 is 6.04 Å². The fourth-order valence-electron chi connectivity index (χ4n) is 1.52. The molecule has 0 radical (unpaired) electrons. The predicted molar refractivity (Wildman–Crippen MR) is 73.3 cm³/mol. The van der Waals surface area contributed by atoms with Crippen molar-refractivity contribution in [3.8, 4) is 0 Å². The molecule has 4 heteroatoms. The van der Waals surface area contributed by atoms with E-state index in [2.05, 4.69) is 17.4 Å². The van der Waals surface area contributed by atoms with E-state index in [4.69, 9.17) is 5.73 Å². The van der Waals surface area contributed by atoms with Gasteiger partial charge in [-0.25, -0.2) is 0 Å². The van der Waals surface area contributed by atoms with Gasteiger partial charge in [-0.2, -0.15) is 0 Å². The van der Waals surface area contributed by atoms with Gasteiger partial charge in [0.25, 0.3) is 0 Å². The van der Waals surface area contributed by atoms with Gasteiger partial charge in [0.15, 0.2) is 0 Å². The highest BCUT2D eigenvalue weighted by molar-refractivity contribution is 5.85. The van der Waals surface area contributed by atoms with Crippen LogP contribution in [0.3, 0.4) is 0 Å². The topological polar surface area (TPSA) is 55.1 Å². The molecule has 96 valence electrons. The van der Waals surface area contributed by atoms with E-state index in [1.165, 1.54) is 5.56 Å². The molecular formula is C13H21ClN2O. The van der Waals surface area contributed by atoms with Gasteiger partial charge in [0, 0.05) is 0 Å². The average molecular weight is 257 g/mol. The molecule has 2 unspecified atom stereocenters. The van der Waals surface area contributed by atoms with Crippen LogP contribution in [-0.4, -0.2) is 11.9 Å². The maximum Gasteiger partial charge on any atom is 0.237 e. The van der Waals surface area contributed by atoms with Crippen LogP contribution in [0.25, 0.3) is 0 Å². The van der Waals surface area contributed by atoms with Crippen molar-refractivity contribution in [2.24, 2.45) is 5.73 Å². The molecule has 0 bridgehead atoms. The van der Waals surface area contributed by atoms with Gasteiger partial charge in [0.2, 0.25) is 5.91 Å². The summed E-state index contributed by atoms with van der Waals surface area (Å²) in [6, 6.07) is 7.79. The highest BCUT2D eigenvalue weighted by Crippen LogP contribution is 2.16. The van der Waals surface area contributed by atoms with Crippen molar-refractivity contribution in [3.63, 3.8) is 0 Å². The zero-order chi connectivity index (χ0) is 12.1. The number of carbonyl (C=O) groups excluding carboxylic acids is 1. The first-order valence-corrected chi connectivity index (χ1v) is 5.67. The van der Waals surface area contributed by atoms with Gasteiger partial charge in [0.05, 0.1) is 12.1 Å². The predicted octanol–water partition coefficient (Wildman–Crippen LogP) is 2.33. The summed E-state index contributed by atoms with van der Waals surface area (Å²) in [6.45, 7) is 5.79. The molecule has 2 atom stereocenters. The van der Waals surface area contributed by atoms with Gasteiger partial charge in [-0.3, -0.25) is 4.79 Å². The SMILES string of the molecule is CCC(NC(=O)C(C)N)c1ccc(C)cc1.Cl. The summed E-state index contributed by atoms with van der Waals surface area (Å²) in [6.07, 6.45) is 0.863. The lowest BCUT2D eigenvalue weighted by atomic mass is 10.0. The fraction of sp³-hybridized carbons (Fsp3) is 0.462. The van der Waals surface area contributed by atoms with Crippen LogP contribution >= 0.6 is 12.4 Å². The van der Waals surface area contributed by atoms with Gasteiger partial charge in [-0.15, -0.1) is 12.4 Å². The number of amides is 1. The third-order valence-corrected chi connectivity index (χ3v) is 2.62. The molecule has 0 spiro atoms. The zero-order valence-corrected chi connectivity index (χ0v) is 11.4. The van der Waals surface area contributed by atoms with Crippen LogP contribution in [-0.2, 0) is 4.79 Å². The quantitative estimate of drug-likeness (QED) is 0.869. The molecule has 0 aromatic heterocycles. The third kappa shape index (κ3) is 4.75. The van der Waals surface area contributed by atoms with Crippen LogP contribution in [0, 0.1) is 6.92 Å². The summed E-state index contributed by atoms with van der Waals surface area (Å²) in [7, 11) is 0. The third-order valence-electron chi connectivity index (χ3n) is 2.62. The second-order valence-electron chi connectivity index (χ2n) is 4.17. The number of carbonyl (C=O) groups is 1. The van der Waals surface area contributed by atoms with Crippen LogP contribution in [0.1, 0.15) is 37.4 Å². The molecule has 0 aliphatic carbocycles. The van der Waals surface area contributed by atoms with Crippen molar-refractivity contribution in [2.75, 3.05) is 0 Å². The van der Waals surface area contributed by atoms with E-state index in [0.717, 1.165) is 12.0 Å². The fourth-order valence-corrected chi connectivity index (χ4v) is 1.52. The van der Waals surface area contributed by atoms with Gasteiger partial charge in [-0.05, 0) is 25.8 Å². The Balaban J connectivity index is 0.00000256. The number of hydrogen-bond donors (Lipinski definition) is 2. The van der Waals surface area contributed by atoms with Gasteiger partial charge < -0.3 is 11.1 Å². The van der Waals surface area contributed by atoms with Crippen LogP contribution in [0.2, 0.25) is 0 Å². The monoisotopic (exact) mass is 256 g/mol. The summed E-state index contributed by atoms with van der Waals surface area (Å²) in [5.74, 6) is -0.104. The number of rotatable bonds is 4. The van der Waals surface area contributed by atoms with Crippen LogP contribution < -0.4 is 11.1 Å². The van der Waals surface area contributed by atoms with Crippen molar-refractivity contribution in [3.05, 3.63) is 35.4 Å². The number of halogens is 1. The minimum absolute atomic E-state index is 0. The van der Waals surface area contributed by atoms with E-state index >= 15 is 0 Å². The molecule has 3 N–H and O–H groups in total. The Hall–Kier alpha value is -1.06. The standard InChI is InChI=1S/C13H20N2O.ClH/c1-4-12(15-13(16)10(3)14)11-7-5-9(2)6-8-11;/h5-8,10,12H,4,14H2,1-3H3,(H,15,16);1H. The van der Waals surface area contributed by atoms with E-state index in [1.54, 1.807) is 6.92 Å². The Kier molecular flexibility index (Phi) is 6.85. The van der Waals surface area contributed by atoms with Crippen LogP contribution in [0.4, 0.5) is 0 Å². The highest BCUT2D eigenvalue weighted by atomic mass is 35.5. The molecule has 0 fully saturated rings. The molecule has 0 heterocycles. The first-order valence-electron chi connectivity index (χ1n) is 5.67. The minimum Gasteiger partial charge on any atom is -0.348 e. The molecule has 17 heavy (non-hydrogen) atoms. The summed E-state index contributed by atoms with van der Waals surface area (Å²) in [4.78, 5) is 11.5. The first-order chi connectivity index (χ1) is 7.54. The maximum atomic E-state index is 11.5. The maximum absolute atomic E-state index is 11.5. The van der Waals surface area contributed by atoms with Crippen molar-refractivity contribution in [1.82, 2.24) is 5.32 Å². The van der Waals surface area contributed by atoms with E-state index in [9.17, 15) is 4.79 Å². The Morgan fingerprint density at radius 3 is 2.29 bits per heavy atom. The molecule has 0 aliphatic rings. The lowest BCUT2D eigenvalue weighted by Crippen LogP contribution is -2.40. The number of aryl methyl sites for hydroxylation is 1. The lowest BCUT2D eigenvalue weighted by molar-refractivity contribution is -0.122. The summed E-state index contributed by atoms with van der Waals surface area (Å²) >= 11 is 0. The van der Waals surface area contributed by atoms with E-state index in [0.29, 0.717) is 0 Å². The number of benzene rings is 1. The van der Waals surface area contributed by atoms with Gasteiger partial charge in [0.1, 0.15) is 0 Å². The molecule has 1 aromatic carbocycles. The van der Waals surface area contributed by atoms with Gasteiger partial charge in [-0.1, -0.05) is 36.8 Å². The normalized spacial score (nSPS) is 13.4. The minimum atomic E-state index is -0.459. The second kappa shape index (κ2) is 7.30. The van der Waals surface area contributed by atoms with Crippen LogP contribution in [0.15, 0.2) is 24.3 Å². The zero-order valence-electron chi connectivity index (χ0n) is 10.6. The molecule has 0 saturated carbocycles. The van der Waals surface area contributed by atoms with Crippen molar-refractivity contribution >= 4 is 18.3 Å². The van der Waals surface area contributed by atoms with E-state index in [1.807, 2.05) is 26.0 Å². The van der Waals surface area contributed by atoms with Crippen LogP contribution in [0.5, 0.6) is 0 Å². The highest BCUT2D eigenvalue weighted by Gasteiger charge is 2.14.